The zero-order valence-electron chi connectivity index (χ0n) is 9.42. The molecule has 0 N–H and O–H groups in total. The molecular weight excluding hydrogens is 261 g/mol. The van der Waals surface area contributed by atoms with E-state index >= 15 is 0 Å². The first-order valence-corrected chi connectivity index (χ1v) is 9.03. The summed E-state index contributed by atoms with van der Waals surface area (Å²) in [5.74, 6) is 0. The SMILES string of the molecule is C[Si](C)(C)OC(C#N)c1cccc(Cl)c1Cl. The van der Waals surface area contributed by atoms with Gasteiger partial charge >= 0.3 is 0 Å². The van der Waals surface area contributed by atoms with Crippen molar-refractivity contribution in [2.24, 2.45) is 0 Å². The van der Waals surface area contributed by atoms with Crippen LogP contribution in [0.3, 0.4) is 0 Å². The maximum Gasteiger partial charge on any atom is 0.186 e. The van der Waals surface area contributed by atoms with Crippen LogP contribution in [-0.4, -0.2) is 8.32 Å². The molecule has 1 aromatic carbocycles. The minimum atomic E-state index is -1.79. The Morgan fingerprint density at radius 2 is 1.94 bits per heavy atom. The average molecular weight is 274 g/mol. The van der Waals surface area contributed by atoms with E-state index in [2.05, 4.69) is 6.07 Å². The Bertz CT molecular complexity index is 423. The van der Waals surface area contributed by atoms with Gasteiger partial charge in [0.25, 0.3) is 0 Å². The molecule has 0 bridgehead atoms. The molecule has 0 spiro atoms. The lowest BCUT2D eigenvalue weighted by atomic mass is 10.1. The molecule has 0 saturated carbocycles. The first-order valence-electron chi connectivity index (χ1n) is 4.86. The molecule has 1 atom stereocenters. The fourth-order valence-electron chi connectivity index (χ4n) is 1.24. The largest absolute Gasteiger partial charge is 0.399 e. The standard InChI is InChI=1S/C11H13Cl2NOSi/c1-16(2,3)15-10(7-14)8-5-4-6-9(12)11(8)13/h4-6,10H,1-3H3. The summed E-state index contributed by atoms with van der Waals surface area (Å²) >= 11 is 11.9. The summed E-state index contributed by atoms with van der Waals surface area (Å²) in [7, 11) is -1.79. The summed E-state index contributed by atoms with van der Waals surface area (Å²) in [6.07, 6.45) is -0.641. The lowest BCUT2D eigenvalue weighted by Gasteiger charge is -2.22. The summed E-state index contributed by atoms with van der Waals surface area (Å²) in [6, 6.07) is 7.33. The maximum absolute atomic E-state index is 9.10. The van der Waals surface area contributed by atoms with Crippen molar-refractivity contribution in [1.29, 1.82) is 5.26 Å². The van der Waals surface area contributed by atoms with Gasteiger partial charge in [-0.2, -0.15) is 5.26 Å². The van der Waals surface area contributed by atoms with Gasteiger partial charge in [0.05, 0.1) is 16.1 Å². The summed E-state index contributed by atoms with van der Waals surface area (Å²) in [6.45, 7) is 6.07. The van der Waals surface area contributed by atoms with Gasteiger partial charge in [-0.25, -0.2) is 0 Å². The fraction of sp³-hybridized carbons (Fsp3) is 0.364. The van der Waals surface area contributed by atoms with E-state index in [-0.39, 0.29) is 0 Å². The Morgan fingerprint density at radius 1 is 1.31 bits per heavy atom. The van der Waals surface area contributed by atoms with Crippen molar-refractivity contribution in [3.8, 4) is 6.07 Å². The zero-order chi connectivity index (χ0) is 12.3. The first-order chi connectivity index (χ1) is 7.35. The molecule has 0 aliphatic carbocycles. The molecule has 0 radical (unpaired) electrons. The van der Waals surface area contributed by atoms with Gasteiger partial charge in [0.15, 0.2) is 14.4 Å². The number of rotatable bonds is 3. The van der Waals surface area contributed by atoms with E-state index in [9.17, 15) is 0 Å². The van der Waals surface area contributed by atoms with Crippen molar-refractivity contribution >= 4 is 31.5 Å². The lowest BCUT2D eigenvalue weighted by molar-refractivity contribution is 0.255. The van der Waals surface area contributed by atoms with Crippen molar-refractivity contribution < 1.29 is 4.43 Å². The highest BCUT2D eigenvalue weighted by atomic mass is 35.5. The number of nitriles is 1. The van der Waals surface area contributed by atoms with Crippen LogP contribution in [-0.2, 0) is 4.43 Å². The van der Waals surface area contributed by atoms with Crippen LogP contribution in [0.2, 0.25) is 29.7 Å². The molecular formula is C11H13Cl2NOSi. The minimum absolute atomic E-state index is 0.397. The Morgan fingerprint density at radius 3 is 2.44 bits per heavy atom. The Kier molecular flexibility index (Phi) is 4.40. The Labute approximate surface area is 107 Å². The zero-order valence-corrected chi connectivity index (χ0v) is 11.9. The average Bonchev–Trinajstić information content (AvgIpc) is 2.18. The fourth-order valence-corrected chi connectivity index (χ4v) is 2.53. The molecule has 1 aromatic rings. The summed E-state index contributed by atoms with van der Waals surface area (Å²) in [5.41, 5.74) is 0.638. The number of nitrogens with zero attached hydrogens (tertiary/aromatic N) is 1. The van der Waals surface area contributed by atoms with Gasteiger partial charge in [0, 0.05) is 5.56 Å². The van der Waals surface area contributed by atoms with E-state index in [1.807, 2.05) is 19.6 Å². The second kappa shape index (κ2) is 5.20. The smallest absolute Gasteiger partial charge is 0.186 e. The van der Waals surface area contributed by atoms with E-state index in [4.69, 9.17) is 32.9 Å². The second-order valence-electron chi connectivity index (χ2n) is 4.38. The number of benzene rings is 1. The third-order valence-electron chi connectivity index (χ3n) is 1.85. The van der Waals surface area contributed by atoms with E-state index in [0.717, 1.165) is 0 Å². The van der Waals surface area contributed by atoms with Crippen LogP contribution >= 0.6 is 23.2 Å². The Balaban J connectivity index is 3.06. The lowest BCUT2D eigenvalue weighted by Crippen LogP contribution is -2.27. The minimum Gasteiger partial charge on any atom is -0.399 e. The van der Waals surface area contributed by atoms with Gasteiger partial charge in [-0.3, -0.25) is 0 Å². The first kappa shape index (κ1) is 13.5. The quantitative estimate of drug-likeness (QED) is 0.765. The van der Waals surface area contributed by atoms with Crippen LogP contribution < -0.4 is 0 Å². The molecule has 0 saturated heterocycles. The molecule has 16 heavy (non-hydrogen) atoms. The van der Waals surface area contributed by atoms with E-state index in [1.54, 1.807) is 18.2 Å². The Hall–Kier alpha value is -0.533. The molecule has 0 fully saturated rings. The number of hydrogen-bond acceptors (Lipinski definition) is 2. The summed E-state index contributed by atoms with van der Waals surface area (Å²) < 4.78 is 5.74. The molecule has 5 heteroatoms. The monoisotopic (exact) mass is 273 g/mol. The van der Waals surface area contributed by atoms with Crippen LogP contribution in [0, 0.1) is 11.3 Å². The van der Waals surface area contributed by atoms with Crippen LogP contribution in [0.25, 0.3) is 0 Å². The predicted octanol–water partition coefficient (Wildman–Crippen LogP) is 4.41. The molecule has 1 rings (SSSR count). The van der Waals surface area contributed by atoms with Gasteiger partial charge in [0.2, 0.25) is 0 Å². The van der Waals surface area contributed by atoms with E-state index in [1.165, 1.54) is 0 Å². The third-order valence-corrected chi connectivity index (χ3v) is 3.63. The molecule has 0 aliphatic heterocycles. The van der Waals surface area contributed by atoms with Gasteiger partial charge in [-0.05, 0) is 25.7 Å². The van der Waals surface area contributed by atoms with Crippen LogP contribution in [0.4, 0.5) is 0 Å². The molecule has 0 aromatic heterocycles. The molecule has 0 aliphatic rings. The summed E-state index contributed by atoms with van der Waals surface area (Å²) in [5, 5.41) is 9.94. The van der Waals surface area contributed by atoms with Crippen LogP contribution in [0.5, 0.6) is 0 Å². The molecule has 0 heterocycles. The highest BCUT2D eigenvalue weighted by Crippen LogP contribution is 2.32. The van der Waals surface area contributed by atoms with Crippen LogP contribution in [0.15, 0.2) is 18.2 Å². The van der Waals surface area contributed by atoms with Crippen LogP contribution in [0.1, 0.15) is 11.7 Å². The topological polar surface area (TPSA) is 33.0 Å². The van der Waals surface area contributed by atoms with Crippen molar-refractivity contribution in [2.45, 2.75) is 25.7 Å². The maximum atomic E-state index is 9.10. The highest BCUT2D eigenvalue weighted by molar-refractivity contribution is 6.69. The van der Waals surface area contributed by atoms with Crippen molar-refractivity contribution in [3.63, 3.8) is 0 Å². The van der Waals surface area contributed by atoms with E-state index in [0.29, 0.717) is 15.6 Å². The second-order valence-corrected chi connectivity index (χ2v) is 9.63. The predicted molar refractivity (Wildman–Crippen MR) is 69.2 cm³/mol. The van der Waals surface area contributed by atoms with Crippen molar-refractivity contribution in [2.75, 3.05) is 0 Å². The third kappa shape index (κ3) is 3.50. The molecule has 1 unspecified atom stereocenters. The normalized spacial score (nSPS) is 13.2. The van der Waals surface area contributed by atoms with Gasteiger partial charge < -0.3 is 4.43 Å². The molecule has 2 nitrogen and oxygen atoms in total. The van der Waals surface area contributed by atoms with Gasteiger partial charge in [0.1, 0.15) is 0 Å². The van der Waals surface area contributed by atoms with Gasteiger partial charge in [-0.15, -0.1) is 0 Å². The van der Waals surface area contributed by atoms with E-state index < -0.39 is 14.4 Å². The number of hydrogen-bond donors (Lipinski definition) is 0. The van der Waals surface area contributed by atoms with Gasteiger partial charge in [-0.1, -0.05) is 35.3 Å². The summed E-state index contributed by atoms with van der Waals surface area (Å²) in [4.78, 5) is 0. The molecule has 0 amide bonds. The molecule has 86 valence electrons. The van der Waals surface area contributed by atoms with Crippen molar-refractivity contribution in [3.05, 3.63) is 33.8 Å². The highest BCUT2D eigenvalue weighted by Gasteiger charge is 2.24. The number of halogens is 2. The van der Waals surface area contributed by atoms with Crippen molar-refractivity contribution in [1.82, 2.24) is 0 Å².